The molecule has 0 fully saturated rings. The Balaban J connectivity index is 1.57. The van der Waals surface area contributed by atoms with Crippen LogP contribution in [0.2, 0.25) is 0 Å². The molecule has 1 N–H and O–H groups in total. The quantitative estimate of drug-likeness (QED) is 0.772. The van der Waals surface area contributed by atoms with Crippen molar-refractivity contribution in [3.63, 3.8) is 0 Å². The number of benzene rings is 1. The van der Waals surface area contributed by atoms with Gasteiger partial charge in [-0.25, -0.2) is 4.39 Å². The van der Waals surface area contributed by atoms with Crippen molar-refractivity contribution < 1.29 is 13.7 Å². The number of hydrogen-bond donors (Lipinski definition) is 1. The molecular weight excluding hydrogens is 317 g/mol. The number of anilines is 1. The summed E-state index contributed by atoms with van der Waals surface area (Å²) in [5.74, 6) is 0.146. The van der Waals surface area contributed by atoms with Crippen LogP contribution in [0.25, 0.3) is 10.7 Å². The van der Waals surface area contributed by atoms with Crippen LogP contribution in [0.15, 0.2) is 40.2 Å². The minimum absolute atomic E-state index is 0.138. The summed E-state index contributed by atoms with van der Waals surface area (Å²) in [5, 5.41) is 8.34. The molecule has 3 aromatic rings. The highest BCUT2D eigenvalue weighted by Gasteiger charge is 2.12. The number of carbonyl (C=O) groups excluding carboxylic acids is 1. The largest absolute Gasteiger partial charge is 0.339 e. The lowest BCUT2D eigenvalue weighted by Crippen LogP contribution is -2.13. The molecule has 0 aliphatic heterocycles. The molecule has 23 heavy (non-hydrogen) atoms. The normalized spacial score (nSPS) is 10.7. The number of aromatic nitrogens is 2. The number of nitrogens with one attached hydrogen (secondary N) is 1. The maximum atomic E-state index is 13.7. The molecule has 0 unspecified atom stereocenters. The van der Waals surface area contributed by atoms with Gasteiger partial charge >= 0.3 is 0 Å². The van der Waals surface area contributed by atoms with Crippen LogP contribution in [0.4, 0.5) is 10.1 Å². The fraction of sp³-hybridized carbons (Fsp3) is 0.188. The molecule has 0 atom stereocenters. The van der Waals surface area contributed by atoms with E-state index in [1.165, 1.54) is 17.4 Å². The predicted octanol–water partition coefficient (Wildman–Crippen LogP) is 3.82. The third-order valence-electron chi connectivity index (χ3n) is 3.17. The monoisotopic (exact) mass is 331 g/mol. The number of thiophene rings is 1. The summed E-state index contributed by atoms with van der Waals surface area (Å²) in [6, 6.07) is 8.46. The van der Waals surface area contributed by atoms with E-state index in [0.717, 1.165) is 10.4 Å². The van der Waals surface area contributed by atoms with Crippen molar-refractivity contribution in [3.8, 4) is 10.7 Å². The molecule has 2 heterocycles. The fourth-order valence-corrected chi connectivity index (χ4v) is 2.67. The standard InChI is InChI=1S/C16H14FN3O2S/c1-10-4-5-12(11(17)9-10)18-14(21)6-7-15-19-16(20-22-15)13-3-2-8-23-13/h2-5,8-9H,6-7H2,1H3,(H,18,21). The maximum absolute atomic E-state index is 13.7. The van der Waals surface area contributed by atoms with E-state index in [1.807, 2.05) is 17.5 Å². The van der Waals surface area contributed by atoms with Crippen LogP contribution in [0.3, 0.4) is 0 Å². The number of amides is 1. The van der Waals surface area contributed by atoms with Crippen LogP contribution in [0.1, 0.15) is 17.9 Å². The van der Waals surface area contributed by atoms with E-state index in [1.54, 1.807) is 19.1 Å². The van der Waals surface area contributed by atoms with Gasteiger partial charge in [0, 0.05) is 12.8 Å². The molecule has 0 radical (unpaired) electrons. The number of halogens is 1. The van der Waals surface area contributed by atoms with Crippen LogP contribution in [0, 0.1) is 12.7 Å². The molecule has 3 rings (SSSR count). The Morgan fingerprint density at radius 2 is 2.26 bits per heavy atom. The van der Waals surface area contributed by atoms with E-state index >= 15 is 0 Å². The number of carbonyl (C=O) groups is 1. The highest BCUT2D eigenvalue weighted by atomic mass is 32.1. The second-order valence-electron chi connectivity index (χ2n) is 5.02. The minimum atomic E-state index is -0.448. The molecule has 0 saturated heterocycles. The van der Waals surface area contributed by atoms with Gasteiger partial charge in [-0.15, -0.1) is 11.3 Å². The first-order chi connectivity index (χ1) is 11.1. The van der Waals surface area contributed by atoms with E-state index in [-0.39, 0.29) is 18.0 Å². The highest BCUT2D eigenvalue weighted by Crippen LogP contribution is 2.21. The van der Waals surface area contributed by atoms with Crippen LogP contribution in [-0.4, -0.2) is 16.0 Å². The zero-order chi connectivity index (χ0) is 16.2. The van der Waals surface area contributed by atoms with E-state index in [2.05, 4.69) is 15.5 Å². The van der Waals surface area contributed by atoms with Crippen molar-refractivity contribution in [2.24, 2.45) is 0 Å². The van der Waals surface area contributed by atoms with Crippen molar-refractivity contribution in [3.05, 3.63) is 53.0 Å². The average molecular weight is 331 g/mol. The molecule has 0 saturated carbocycles. The first-order valence-corrected chi connectivity index (χ1v) is 7.92. The Bertz CT molecular complexity index is 815. The Morgan fingerprint density at radius 1 is 1.39 bits per heavy atom. The molecule has 1 aromatic carbocycles. The summed E-state index contributed by atoms with van der Waals surface area (Å²) in [6.45, 7) is 1.79. The van der Waals surface area contributed by atoms with Gasteiger partial charge in [0.25, 0.3) is 0 Å². The zero-order valence-electron chi connectivity index (χ0n) is 12.4. The summed E-state index contributed by atoms with van der Waals surface area (Å²) >= 11 is 1.51. The molecular formula is C16H14FN3O2S. The second-order valence-corrected chi connectivity index (χ2v) is 5.97. The Labute approximate surface area is 136 Å². The minimum Gasteiger partial charge on any atom is -0.339 e. The molecule has 5 nitrogen and oxygen atoms in total. The smallest absolute Gasteiger partial charge is 0.227 e. The lowest BCUT2D eigenvalue weighted by molar-refractivity contribution is -0.116. The maximum Gasteiger partial charge on any atom is 0.227 e. The molecule has 118 valence electrons. The lowest BCUT2D eigenvalue weighted by Gasteiger charge is -2.06. The highest BCUT2D eigenvalue weighted by molar-refractivity contribution is 7.13. The van der Waals surface area contributed by atoms with Gasteiger partial charge in [-0.3, -0.25) is 4.79 Å². The van der Waals surface area contributed by atoms with Gasteiger partial charge in [0.1, 0.15) is 5.82 Å². The molecule has 1 amide bonds. The van der Waals surface area contributed by atoms with Gasteiger partial charge in [-0.05, 0) is 36.1 Å². The van der Waals surface area contributed by atoms with Crippen LogP contribution in [-0.2, 0) is 11.2 Å². The van der Waals surface area contributed by atoms with Gasteiger partial charge in [0.2, 0.25) is 17.6 Å². The number of aryl methyl sites for hydroxylation is 2. The second kappa shape index (κ2) is 6.70. The fourth-order valence-electron chi connectivity index (χ4n) is 2.02. The molecule has 0 bridgehead atoms. The summed E-state index contributed by atoms with van der Waals surface area (Å²) in [7, 11) is 0. The summed E-state index contributed by atoms with van der Waals surface area (Å²) in [5.41, 5.74) is 0.970. The van der Waals surface area contributed by atoms with Gasteiger partial charge in [0.15, 0.2) is 0 Å². The van der Waals surface area contributed by atoms with Gasteiger partial charge in [-0.2, -0.15) is 4.98 Å². The third-order valence-corrected chi connectivity index (χ3v) is 4.04. The van der Waals surface area contributed by atoms with Crippen molar-refractivity contribution >= 4 is 22.9 Å². The van der Waals surface area contributed by atoms with E-state index < -0.39 is 5.82 Å². The first kappa shape index (κ1) is 15.4. The lowest BCUT2D eigenvalue weighted by atomic mass is 10.2. The third kappa shape index (κ3) is 3.81. The Hall–Kier alpha value is -2.54. The zero-order valence-corrected chi connectivity index (χ0v) is 13.2. The van der Waals surface area contributed by atoms with Gasteiger partial charge in [-0.1, -0.05) is 17.3 Å². The summed E-state index contributed by atoms with van der Waals surface area (Å²) in [4.78, 5) is 17.0. The van der Waals surface area contributed by atoms with Crippen LogP contribution >= 0.6 is 11.3 Å². The van der Waals surface area contributed by atoms with E-state index in [0.29, 0.717) is 18.1 Å². The van der Waals surface area contributed by atoms with Crippen LogP contribution in [0.5, 0.6) is 0 Å². The number of rotatable bonds is 5. The van der Waals surface area contributed by atoms with Crippen molar-refractivity contribution in [1.82, 2.24) is 10.1 Å². The molecule has 0 spiro atoms. The van der Waals surface area contributed by atoms with E-state index in [4.69, 9.17) is 4.52 Å². The number of hydrogen-bond acceptors (Lipinski definition) is 5. The molecule has 0 aliphatic carbocycles. The molecule has 7 heteroatoms. The number of nitrogens with zero attached hydrogens (tertiary/aromatic N) is 2. The molecule has 2 aromatic heterocycles. The van der Waals surface area contributed by atoms with Gasteiger partial charge < -0.3 is 9.84 Å². The Morgan fingerprint density at radius 3 is 3.00 bits per heavy atom. The summed E-state index contributed by atoms with van der Waals surface area (Å²) in [6.07, 6.45) is 0.442. The molecule has 0 aliphatic rings. The Kier molecular flexibility index (Phi) is 4.47. The topological polar surface area (TPSA) is 68.0 Å². The van der Waals surface area contributed by atoms with Crippen molar-refractivity contribution in [2.45, 2.75) is 19.8 Å². The predicted molar refractivity (Wildman–Crippen MR) is 85.7 cm³/mol. The van der Waals surface area contributed by atoms with Gasteiger partial charge in [0.05, 0.1) is 10.6 Å². The van der Waals surface area contributed by atoms with Crippen molar-refractivity contribution in [1.29, 1.82) is 0 Å². The SMILES string of the molecule is Cc1ccc(NC(=O)CCc2nc(-c3cccs3)no2)c(F)c1. The summed E-state index contributed by atoms with van der Waals surface area (Å²) < 4.78 is 18.8. The van der Waals surface area contributed by atoms with Crippen LogP contribution < -0.4 is 5.32 Å². The average Bonchev–Trinajstić information content (AvgIpc) is 3.18. The first-order valence-electron chi connectivity index (χ1n) is 7.04. The van der Waals surface area contributed by atoms with Crippen molar-refractivity contribution in [2.75, 3.05) is 5.32 Å². The van der Waals surface area contributed by atoms with E-state index in [9.17, 15) is 9.18 Å².